The van der Waals surface area contributed by atoms with Crippen molar-refractivity contribution in [2.45, 2.75) is 25.7 Å². The van der Waals surface area contributed by atoms with Crippen molar-refractivity contribution >= 4 is 5.97 Å². The minimum absolute atomic E-state index is 0.337. The van der Waals surface area contributed by atoms with E-state index < -0.39 is 0 Å². The van der Waals surface area contributed by atoms with E-state index in [1.807, 2.05) is 6.07 Å². The van der Waals surface area contributed by atoms with Gasteiger partial charge < -0.3 is 4.74 Å². The number of hydrogen-bond acceptors (Lipinski definition) is 2. The Morgan fingerprint density at radius 3 is 2.27 bits per heavy atom. The molecule has 0 N–H and O–H groups in total. The van der Waals surface area contributed by atoms with E-state index in [9.17, 15) is 4.79 Å². The molecular formula is C20H22O2. The first-order valence-corrected chi connectivity index (χ1v) is 7.73. The minimum Gasteiger partial charge on any atom is -0.463 e. The van der Waals surface area contributed by atoms with E-state index in [2.05, 4.69) is 55.1 Å². The minimum atomic E-state index is -0.337. The van der Waals surface area contributed by atoms with Crippen LogP contribution in [-0.4, -0.2) is 12.6 Å². The smallest absolute Gasteiger partial charge is 0.330 e. The highest BCUT2D eigenvalue weighted by Gasteiger charge is 1.99. The van der Waals surface area contributed by atoms with Gasteiger partial charge in [-0.15, -0.1) is 0 Å². The average molecular weight is 294 g/mol. The van der Waals surface area contributed by atoms with Crippen molar-refractivity contribution < 1.29 is 9.53 Å². The van der Waals surface area contributed by atoms with Gasteiger partial charge in [-0.2, -0.15) is 0 Å². The summed E-state index contributed by atoms with van der Waals surface area (Å²) in [5.41, 5.74) is 3.85. The molecule has 0 saturated carbocycles. The molecule has 2 nitrogen and oxygen atoms in total. The molecule has 0 aliphatic rings. The summed E-state index contributed by atoms with van der Waals surface area (Å²) in [4.78, 5) is 10.9. The number of unbranched alkanes of at least 4 members (excludes halogenated alkanes) is 2. The molecular weight excluding hydrogens is 272 g/mol. The van der Waals surface area contributed by atoms with E-state index in [-0.39, 0.29) is 5.97 Å². The van der Waals surface area contributed by atoms with E-state index in [0.29, 0.717) is 6.61 Å². The van der Waals surface area contributed by atoms with E-state index in [1.165, 1.54) is 22.8 Å². The summed E-state index contributed by atoms with van der Waals surface area (Å²) in [6.45, 7) is 3.85. The highest BCUT2D eigenvalue weighted by Crippen LogP contribution is 2.19. The van der Waals surface area contributed by atoms with Gasteiger partial charge in [0.15, 0.2) is 0 Å². The van der Waals surface area contributed by atoms with Gasteiger partial charge >= 0.3 is 5.97 Å². The molecule has 0 aliphatic heterocycles. The molecule has 2 heteroatoms. The molecule has 0 aliphatic carbocycles. The average Bonchev–Trinajstić information content (AvgIpc) is 2.59. The van der Waals surface area contributed by atoms with Gasteiger partial charge in [0.05, 0.1) is 6.61 Å². The largest absolute Gasteiger partial charge is 0.463 e. The summed E-state index contributed by atoms with van der Waals surface area (Å²) in [6, 6.07) is 19.1. The molecule has 0 radical (unpaired) electrons. The van der Waals surface area contributed by atoms with Gasteiger partial charge in [-0.25, -0.2) is 4.79 Å². The standard InChI is InChI=1S/C20H22O2/c1-2-20(21)22-16-8-4-5-9-17-12-14-19(15-13-17)18-10-6-3-7-11-18/h2-3,6-7,10-15H,1,4-5,8-9,16H2. The van der Waals surface area contributed by atoms with Crippen LogP contribution in [0.25, 0.3) is 11.1 Å². The zero-order chi connectivity index (χ0) is 15.6. The molecule has 0 spiro atoms. The predicted octanol–water partition coefficient (Wildman–Crippen LogP) is 4.80. The van der Waals surface area contributed by atoms with Crippen LogP contribution in [0.5, 0.6) is 0 Å². The van der Waals surface area contributed by atoms with Crippen molar-refractivity contribution in [1.29, 1.82) is 0 Å². The maximum Gasteiger partial charge on any atom is 0.330 e. The summed E-state index contributed by atoms with van der Waals surface area (Å²) in [6.07, 6.45) is 5.33. The van der Waals surface area contributed by atoms with Crippen LogP contribution < -0.4 is 0 Å². The molecule has 114 valence electrons. The van der Waals surface area contributed by atoms with Gasteiger partial charge in [0.25, 0.3) is 0 Å². The van der Waals surface area contributed by atoms with E-state index in [1.54, 1.807) is 0 Å². The Bertz CT molecular complexity index is 585. The predicted molar refractivity (Wildman–Crippen MR) is 90.6 cm³/mol. The van der Waals surface area contributed by atoms with Crippen LogP contribution in [0.1, 0.15) is 24.8 Å². The Morgan fingerprint density at radius 1 is 0.909 bits per heavy atom. The molecule has 0 saturated heterocycles. The summed E-state index contributed by atoms with van der Waals surface area (Å²) in [5.74, 6) is -0.337. The van der Waals surface area contributed by atoms with Gasteiger partial charge in [0, 0.05) is 6.08 Å². The number of carbonyl (C=O) groups excluding carboxylic acids is 1. The van der Waals surface area contributed by atoms with Crippen LogP contribution in [0.15, 0.2) is 67.3 Å². The van der Waals surface area contributed by atoms with Gasteiger partial charge in [-0.05, 0) is 42.4 Å². The summed E-state index contributed by atoms with van der Waals surface area (Å²) in [5, 5.41) is 0. The van der Waals surface area contributed by atoms with Gasteiger partial charge in [-0.1, -0.05) is 61.2 Å². The van der Waals surface area contributed by atoms with Crippen molar-refractivity contribution in [3.05, 3.63) is 72.8 Å². The molecule has 0 fully saturated rings. The van der Waals surface area contributed by atoms with Crippen LogP contribution in [0.2, 0.25) is 0 Å². The van der Waals surface area contributed by atoms with Gasteiger partial charge in [0.2, 0.25) is 0 Å². The second kappa shape index (κ2) is 8.83. The lowest BCUT2D eigenvalue weighted by atomic mass is 10.0. The Balaban J connectivity index is 1.71. The molecule has 2 aromatic rings. The summed E-state index contributed by atoms with van der Waals surface area (Å²) < 4.78 is 4.95. The Morgan fingerprint density at radius 2 is 1.59 bits per heavy atom. The van der Waals surface area contributed by atoms with Crippen molar-refractivity contribution in [1.82, 2.24) is 0 Å². The first-order valence-electron chi connectivity index (χ1n) is 7.73. The van der Waals surface area contributed by atoms with Gasteiger partial charge in [0.1, 0.15) is 0 Å². The molecule has 22 heavy (non-hydrogen) atoms. The third kappa shape index (κ3) is 5.21. The normalized spacial score (nSPS) is 10.2. The third-order valence-corrected chi connectivity index (χ3v) is 3.58. The fraction of sp³-hybridized carbons (Fsp3) is 0.250. The second-order valence-electron chi connectivity index (χ2n) is 5.25. The zero-order valence-electron chi connectivity index (χ0n) is 12.8. The second-order valence-corrected chi connectivity index (χ2v) is 5.25. The van der Waals surface area contributed by atoms with E-state index in [0.717, 1.165) is 25.7 Å². The summed E-state index contributed by atoms with van der Waals surface area (Å²) in [7, 11) is 0. The number of aryl methyl sites for hydroxylation is 1. The van der Waals surface area contributed by atoms with Crippen LogP contribution in [0.4, 0.5) is 0 Å². The lowest BCUT2D eigenvalue weighted by Gasteiger charge is -2.05. The van der Waals surface area contributed by atoms with Crippen LogP contribution in [-0.2, 0) is 16.0 Å². The van der Waals surface area contributed by atoms with Crippen molar-refractivity contribution in [3.8, 4) is 11.1 Å². The van der Waals surface area contributed by atoms with Crippen LogP contribution >= 0.6 is 0 Å². The Kier molecular flexibility index (Phi) is 6.43. The number of carbonyl (C=O) groups is 1. The molecule has 2 rings (SSSR count). The number of rotatable bonds is 8. The topological polar surface area (TPSA) is 26.3 Å². The van der Waals surface area contributed by atoms with Crippen molar-refractivity contribution in [2.75, 3.05) is 6.61 Å². The van der Waals surface area contributed by atoms with E-state index >= 15 is 0 Å². The number of esters is 1. The van der Waals surface area contributed by atoms with E-state index in [4.69, 9.17) is 4.74 Å². The molecule has 0 heterocycles. The fourth-order valence-electron chi connectivity index (χ4n) is 2.33. The molecule has 0 bridgehead atoms. The number of ether oxygens (including phenoxy) is 1. The number of benzene rings is 2. The highest BCUT2D eigenvalue weighted by molar-refractivity contribution is 5.81. The first kappa shape index (κ1) is 16.0. The Labute approximate surface area is 132 Å². The molecule has 2 aromatic carbocycles. The van der Waals surface area contributed by atoms with Crippen LogP contribution in [0.3, 0.4) is 0 Å². The Hall–Kier alpha value is -2.35. The fourth-order valence-corrected chi connectivity index (χ4v) is 2.33. The van der Waals surface area contributed by atoms with Crippen LogP contribution in [0, 0.1) is 0 Å². The maximum absolute atomic E-state index is 10.9. The molecule has 0 amide bonds. The maximum atomic E-state index is 10.9. The molecule has 0 aromatic heterocycles. The lowest BCUT2D eigenvalue weighted by Crippen LogP contribution is -2.01. The SMILES string of the molecule is C=CC(=O)OCCCCCc1ccc(-c2ccccc2)cc1. The summed E-state index contributed by atoms with van der Waals surface area (Å²) >= 11 is 0. The van der Waals surface area contributed by atoms with Gasteiger partial charge in [-0.3, -0.25) is 0 Å². The lowest BCUT2D eigenvalue weighted by molar-refractivity contribution is -0.137. The van der Waals surface area contributed by atoms with Crippen molar-refractivity contribution in [3.63, 3.8) is 0 Å². The zero-order valence-corrected chi connectivity index (χ0v) is 12.8. The number of hydrogen-bond donors (Lipinski definition) is 0. The highest BCUT2D eigenvalue weighted by atomic mass is 16.5. The van der Waals surface area contributed by atoms with Crippen molar-refractivity contribution in [2.24, 2.45) is 0 Å². The molecule has 0 unspecified atom stereocenters. The monoisotopic (exact) mass is 294 g/mol. The third-order valence-electron chi connectivity index (χ3n) is 3.58. The quantitative estimate of drug-likeness (QED) is 0.397. The first-order chi connectivity index (χ1) is 10.8. The molecule has 0 atom stereocenters.